The van der Waals surface area contributed by atoms with Gasteiger partial charge in [-0.15, -0.1) is 11.3 Å². The van der Waals surface area contributed by atoms with Gasteiger partial charge in [-0.3, -0.25) is 14.2 Å². The molecular formula is C19H21N3O3S. The quantitative estimate of drug-likeness (QED) is 0.765. The molecule has 1 aliphatic carbocycles. The number of nitrogens with one attached hydrogen (secondary N) is 1. The van der Waals surface area contributed by atoms with Gasteiger partial charge in [-0.25, -0.2) is 4.98 Å². The minimum atomic E-state index is -0.231. The zero-order valence-corrected chi connectivity index (χ0v) is 15.7. The van der Waals surface area contributed by atoms with E-state index in [2.05, 4.69) is 17.2 Å². The van der Waals surface area contributed by atoms with Gasteiger partial charge in [0.15, 0.2) is 0 Å². The third-order valence-corrected chi connectivity index (χ3v) is 6.10. The fourth-order valence-electron chi connectivity index (χ4n) is 3.51. The average molecular weight is 371 g/mol. The highest BCUT2D eigenvalue weighted by Gasteiger charge is 2.24. The smallest absolute Gasteiger partial charge is 0.263 e. The Bertz CT molecular complexity index is 1020. The standard InChI is InChI=1S/C19H21N3O3S/c1-11-5-6-14-15(8-11)26-18-17(14)19(24)22(12(2)21-18)10-16(23)20-9-13-4-3-7-25-13/h3-4,7,11H,5-6,8-10H2,1-2H3,(H,20,23). The summed E-state index contributed by atoms with van der Waals surface area (Å²) in [5, 5.41) is 3.49. The lowest BCUT2D eigenvalue weighted by Gasteiger charge is -2.17. The average Bonchev–Trinajstić information content (AvgIpc) is 3.23. The maximum absolute atomic E-state index is 13.1. The van der Waals surface area contributed by atoms with Gasteiger partial charge in [-0.2, -0.15) is 0 Å². The Morgan fingerprint density at radius 2 is 2.35 bits per heavy atom. The lowest BCUT2D eigenvalue weighted by atomic mass is 9.89. The van der Waals surface area contributed by atoms with Crippen LogP contribution in [0.5, 0.6) is 0 Å². The highest BCUT2D eigenvalue weighted by Crippen LogP contribution is 2.35. The van der Waals surface area contributed by atoms with E-state index in [-0.39, 0.29) is 18.0 Å². The predicted octanol–water partition coefficient (Wildman–Crippen LogP) is 2.80. The van der Waals surface area contributed by atoms with Crippen LogP contribution in [0, 0.1) is 12.8 Å². The number of furan rings is 1. The first-order chi connectivity index (χ1) is 12.5. The van der Waals surface area contributed by atoms with Crippen molar-refractivity contribution in [3.05, 3.63) is 50.8 Å². The van der Waals surface area contributed by atoms with Crippen molar-refractivity contribution in [3.8, 4) is 0 Å². The molecule has 0 saturated heterocycles. The molecule has 136 valence electrons. The Kier molecular flexibility index (Phi) is 4.40. The van der Waals surface area contributed by atoms with Crippen molar-refractivity contribution in [2.75, 3.05) is 0 Å². The van der Waals surface area contributed by atoms with Gasteiger partial charge in [-0.05, 0) is 49.8 Å². The van der Waals surface area contributed by atoms with Crippen molar-refractivity contribution in [2.24, 2.45) is 5.92 Å². The third-order valence-electron chi connectivity index (χ3n) is 4.95. The van der Waals surface area contributed by atoms with Crippen LogP contribution in [0.3, 0.4) is 0 Å². The van der Waals surface area contributed by atoms with Crippen LogP contribution in [0.2, 0.25) is 0 Å². The van der Waals surface area contributed by atoms with Gasteiger partial charge in [0, 0.05) is 4.88 Å². The molecule has 26 heavy (non-hydrogen) atoms. The number of thiophene rings is 1. The highest BCUT2D eigenvalue weighted by molar-refractivity contribution is 7.18. The molecule has 3 heterocycles. The van der Waals surface area contributed by atoms with E-state index in [0.29, 0.717) is 29.4 Å². The largest absolute Gasteiger partial charge is 0.467 e. The van der Waals surface area contributed by atoms with Gasteiger partial charge in [0.05, 0.1) is 18.2 Å². The van der Waals surface area contributed by atoms with Crippen molar-refractivity contribution in [1.82, 2.24) is 14.9 Å². The number of amides is 1. The fourth-order valence-corrected chi connectivity index (χ4v) is 4.93. The molecule has 0 radical (unpaired) electrons. The van der Waals surface area contributed by atoms with E-state index in [1.165, 1.54) is 9.44 Å². The van der Waals surface area contributed by atoms with Crippen LogP contribution in [0.15, 0.2) is 27.6 Å². The topological polar surface area (TPSA) is 77.1 Å². The van der Waals surface area contributed by atoms with Crippen LogP contribution in [0.25, 0.3) is 10.2 Å². The van der Waals surface area contributed by atoms with Crippen molar-refractivity contribution in [2.45, 2.75) is 46.2 Å². The van der Waals surface area contributed by atoms with Crippen LogP contribution >= 0.6 is 11.3 Å². The first kappa shape index (κ1) is 17.0. The molecule has 7 heteroatoms. The zero-order chi connectivity index (χ0) is 18.3. The number of carbonyl (C=O) groups is 1. The van der Waals surface area contributed by atoms with E-state index in [0.717, 1.165) is 29.7 Å². The van der Waals surface area contributed by atoms with E-state index in [4.69, 9.17) is 4.42 Å². The molecule has 1 atom stereocenters. The van der Waals surface area contributed by atoms with Crippen LogP contribution in [0.4, 0.5) is 0 Å². The van der Waals surface area contributed by atoms with Gasteiger partial charge in [0.25, 0.3) is 5.56 Å². The van der Waals surface area contributed by atoms with E-state index >= 15 is 0 Å². The molecule has 6 nitrogen and oxygen atoms in total. The SMILES string of the molecule is Cc1nc2sc3c(c2c(=O)n1CC(=O)NCc1ccco1)CCC(C)C3. The summed E-state index contributed by atoms with van der Waals surface area (Å²) in [4.78, 5) is 32.0. The Balaban J connectivity index is 1.62. The summed E-state index contributed by atoms with van der Waals surface area (Å²) < 4.78 is 6.68. The predicted molar refractivity (Wildman–Crippen MR) is 100 cm³/mol. The molecule has 3 aromatic rings. The number of hydrogen-bond acceptors (Lipinski definition) is 5. The molecule has 0 spiro atoms. The molecule has 0 fully saturated rings. The number of aryl methyl sites for hydroxylation is 2. The van der Waals surface area contributed by atoms with Crippen LogP contribution in [-0.2, 0) is 30.7 Å². The van der Waals surface area contributed by atoms with Crippen molar-refractivity contribution in [1.29, 1.82) is 0 Å². The second-order valence-electron chi connectivity index (χ2n) is 6.94. The summed E-state index contributed by atoms with van der Waals surface area (Å²) in [6.45, 7) is 4.30. The molecule has 0 bridgehead atoms. The van der Waals surface area contributed by atoms with Gasteiger partial charge in [-0.1, -0.05) is 6.92 Å². The Morgan fingerprint density at radius 3 is 3.12 bits per heavy atom. The number of rotatable bonds is 4. The number of fused-ring (bicyclic) bond motifs is 3. The number of hydrogen-bond donors (Lipinski definition) is 1. The lowest BCUT2D eigenvalue weighted by molar-refractivity contribution is -0.122. The number of aromatic nitrogens is 2. The van der Waals surface area contributed by atoms with Crippen LogP contribution < -0.4 is 10.9 Å². The molecule has 0 saturated carbocycles. The van der Waals surface area contributed by atoms with Crippen molar-refractivity contribution < 1.29 is 9.21 Å². The summed E-state index contributed by atoms with van der Waals surface area (Å²) in [6, 6.07) is 3.57. The molecular weight excluding hydrogens is 350 g/mol. The Hall–Kier alpha value is -2.41. The third kappa shape index (κ3) is 3.07. The molecule has 3 aromatic heterocycles. The summed E-state index contributed by atoms with van der Waals surface area (Å²) in [5.74, 6) is 1.66. The summed E-state index contributed by atoms with van der Waals surface area (Å²) in [6.07, 6.45) is 4.59. The van der Waals surface area contributed by atoms with Crippen molar-refractivity contribution >= 4 is 27.5 Å². The molecule has 1 amide bonds. The minimum absolute atomic E-state index is 0.0324. The molecule has 1 aliphatic rings. The first-order valence-corrected chi connectivity index (χ1v) is 9.65. The Morgan fingerprint density at radius 1 is 1.50 bits per heavy atom. The first-order valence-electron chi connectivity index (χ1n) is 8.83. The fraction of sp³-hybridized carbons (Fsp3) is 0.421. The second-order valence-corrected chi connectivity index (χ2v) is 8.02. The molecule has 0 aliphatic heterocycles. The molecule has 0 aromatic carbocycles. The van der Waals surface area contributed by atoms with E-state index in [1.54, 1.807) is 36.7 Å². The van der Waals surface area contributed by atoms with Gasteiger partial charge < -0.3 is 9.73 Å². The van der Waals surface area contributed by atoms with Crippen LogP contribution in [0.1, 0.15) is 35.4 Å². The van der Waals surface area contributed by atoms with Crippen LogP contribution in [-0.4, -0.2) is 15.5 Å². The monoisotopic (exact) mass is 371 g/mol. The number of carbonyl (C=O) groups excluding carboxylic acids is 1. The van der Waals surface area contributed by atoms with E-state index in [1.807, 2.05) is 0 Å². The van der Waals surface area contributed by atoms with Gasteiger partial charge in [0.1, 0.15) is 23.0 Å². The maximum atomic E-state index is 13.1. The van der Waals surface area contributed by atoms with Crippen molar-refractivity contribution in [3.63, 3.8) is 0 Å². The molecule has 1 N–H and O–H groups in total. The normalized spacial score (nSPS) is 16.6. The summed E-state index contributed by atoms with van der Waals surface area (Å²) in [7, 11) is 0. The molecule has 4 rings (SSSR count). The minimum Gasteiger partial charge on any atom is -0.467 e. The molecule has 1 unspecified atom stereocenters. The summed E-state index contributed by atoms with van der Waals surface area (Å²) >= 11 is 1.63. The van der Waals surface area contributed by atoms with E-state index in [9.17, 15) is 9.59 Å². The van der Waals surface area contributed by atoms with Gasteiger partial charge >= 0.3 is 0 Å². The lowest BCUT2D eigenvalue weighted by Crippen LogP contribution is -2.33. The Labute approximate surface area is 154 Å². The zero-order valence-electron chi connectivity index (χ0n) is 14.9. The highest BCUT2D eigenvalue weighted by atomic mass is 32.1. The van der Waals surface area contributed by atoms with E-state index < -0.39 is 0 Å². The number of nitrogens with zero attached hydrogens (tertiary/aromatic N) is 2. The summed E-state index contributed by atoms with van der Waals surface area (Å²) in [5.41, 5.74) is 1.04. The maximum Gasteiger partial charge on any atom is 0.263 e. The second kappa shape index (κ2) is 6.72. The van der Waals surface area contributed by atoms with Gasteiger partial charge in [0.2, 0.25) is 5.91 Å².